The van der Waals surface area contributed by atoms with Gasteiger partial charge < -0.3 is 9.47 Å². The summed E-state index contributed by atoms with van der Waals surface area (Å²) in [6.07, 6.45) is 35.5. The van der Waals surface area contributed by atoms with Crippen LogP contribution in [0.3, 0.4) is 0 Å². The zero-order chi connectivity index (χ0) is 47.1. The van der Waals surface area contributed by atoms with Gasteiger partial charge in [-0.05, 0) is 84.7 Å². The highest BCUT2D eigenvalue weighted by Gasteiger charge is 2.13. The van der Waals surface area contributed by atoms with Gasteiger partial charge in [-0.3, -0.25) is 0 Å². The fourth-order valence-electron chi connectivity index (χ4n) is 8.17. The first-order valence-electron chi connectivity index (χ1n) is 26.0. The molecule has 2 unspecified atom stereocenters. The van der Waals surface area contributed by atoms with Crippen LogP contribution in [0.1, 0.15) is 201 Å². The second kappa shape index (κ2) is 33.5. The van der Waals surface area contributed by atoms with Crippen LogP contribution in [0.25, 0.3) is 22.8 Å². The molecule has 0 radical (unpaired) electrons. The molecule has 2 heterocycles. The lowest BCUT2D eigenvalue weighted by molar-refractivity contribution is 0.302. The summed E-state index contributed by atoms with van der Waals surface area (Å²) >= 11 is 0. The van der Waals surface area contributed by atoms with Gasteiger partial charge in [-0.1, -0.05) is 177 Å². The third-order valence-electron chi connectivity index (χ3n) is 12.2. The molecule has 0 aliphatic rings. The van der Waals surface area contributed by atoms with Crippen molar-refractivity contribution in [2.75, 3.05) is 13.2 Å². The average molecular weight is 899 g/mol. The van der Waals surface area contributed by atoms with Crippen LogP contribution < -0.4 is 9.47 Å². The number of hydrogen-bond donors (Lipinski definition) is 0. The molecule has 0 aliphatic carbocycles. The standard InChI is InChI=1S/C29H45FN2O.C28H43FN2O/c1-5-6-7-8-9-10-11-12-18-33-26-16-17-27(28(30)20-26)29-31-21-25(22-32-29)19-24(4)15-13-14-23(2)3;1-5-6-7-8-9-10-11-17-32-25-15-16-26(27(29)19-25)28-30-20-24(21-31-28)18-23(4)14-12-13-22(2)3/h16-17,20-24H,5-15,18-19H2,1-4H3;15-16,19-23H,5-14,17-18H2,1-4H3. The molecule has 2 atom stereocenters. The Morgan fingerprint density at radius 3 is 1.09 bits per heavy atom. The van der Waals surface area contributed by atoms with E-state index in [1.54, 1.807) is 12.1 Å². The maximum absolute atomic E-state index is 14.7. The number of nitrogens with zero attached hydrogens (tertiary/aromatic N) is 4. The Balaban J connectivity index is 0.000000345. The lowest BCUT2D eigenvalue weighted by Crippen LogP contribution is -2.03. The van der Waals surface area contributed by atoms with Gasteiger partial charge >= 0.3 is 0 Å². The van der Waals surface area contributed by atoms with Crippen LogP contribution in [0.5, 0.6) is 11.5 Å². The quantitative estimate of drug-likeness (QED) is 0.0444. The van der Waals surface area contributed by atoms with Crippen molar-refractivity contribution in [1.29, 1.82) is 0 Å². The summed E-state index contributed by atoms with van der Waals surface area (Å²) in [7, 11) is 0. The second-order valence-corrected chi connectivity index (χ2v) is 19.7. The van der Waals surface area contributed by atoms with Crippen molar-refractivity contribution in [2.24, 2.45) is 23.7 Å². The number of benzene rings is 2. The van der Waals surface area contributed by atoms with Crippen LogP contribution in [0.4, 0.5) is 8.78 Å². The largest absolute Gasteiger partial charge is 0.493 e. The minimum Gasteiger partial charge on any atom is -0.493 e. The van der Waals surface area contributed by atoms with E-state index in [-0.39, 0.29) is 11.6 Å². The lowest BCUT2D eigenvalue weighted by atomic mass is 9.95. The summed E-state index contributed by atoms with van der Waals surface area (Å²) < 4.78 is 40.8. The fraction of sp³-hybridized carbons (Fsp3) is 0.649. The zero-order valence-corrected chi connectivity index (χ0v) is 42.1. The van der Waals surface area contributed by atoms with Crippen molar-refractivity contribution in [1.82, 2.24) is 19.9 Å². The van der Waals surface area contributed by atoms with E-state index in [1.165, 1.54) is 134 Å². The number of aromatic nitrogens is 4. The highest BCUT2D eigenvalue weighted by atomic mass is 19.1. The zero-order valence-electron chi connectivity index (χ0n) is 42.1. The molecule has 4 aromatic rings. The molecular weight excluding hydrogens is 811 g/mol. The number of rotatable bonds is 33. The molecule has 4 rings (SSSR count). The molecule has 362 valence electrons. The van der Waals surface area contributed by atoms with E-state index in [2.05, 4.69) is 75.3 Å². The first-order valence-corrected chi connectivity index (χ1v) is 26.0. The van der Waals surface area contributed by atoms with Crippen LogP contribution >= 0.6 is 0 Å². The summed E-state index contributed by atoms with van der Waals surface area (Å²) in [5.74, 6) is 4.06. The van der Waals surface area contributed by atoms with Crippen molar-refractivity contribution < 1.29 is 18.3 Å². The number of halogens is 2. The molecule has 0 saturated heterocycles. The smallest absolute Gasteiger partial charge is 0.162 e. The molecule has 0 fully saturated rings. The number of ether oxygens (including phenoxy) is 2. The van der Waals surface area contributed by atoms with E-state index in [9.17, 15) is 8.78 Å². The molecule has 0 spiro atoms. The van der Waals surface area contributed by atoms with E-state index in [0.29, 0.717) is 59.3 Å². The van der Waals surface area contributed by atoms with Gasteiger partial charge in [0.05, 0.1) is 24.3 Å². The predicted molar refractivity (Wildman–Crippen MR) is 270 cm³/mol. The van der Waals surface area contributed by atoms with E-state index in [4.69, 9.17) is 9.47 Å². The topological polar surface area (TPSA) is 70.0 Å². The van der Waals surface area contributed by atoms with Crippen molar-refractivity contribution in [2.45, 2.75) is 203 Å². The molecule has 0 aliphatic heterocycles. The molecule has 2 aromatic carbocycles. The van der Waals surface area contributed by atoms with Crippen molar-refractivity contribution in [3.63, 3.8) is 0 Å². The summed E-state index contributed by atoms with van der Waals surface area (Å²) in [4.78, 5) is 17.7. The molecule has 6 nitrogen and oxygen atoms in total. The summed E-state index contributed by atoms with van der Waals surface area (Å²) in [5.41, 5.74) is 3.07. The molecule has 8 heteroatoms. The van der Waals surface area contributed by atoms with Gasteiger partial charge in [0.25, 0.3) is 0 Å². The summed E-state index contributed by atoms with van der Waals surface area (Å²) in [5, 5.41) is 0. The van der Waals surface area contributed by atoms with Gasteiger partial charge in [-0.15, -0.1) is 0 Å². The fourth-order valence-corrected chi connectivity index (χ4v) is 8.17. The van der Waals surface area contributed by atoms with Gasteiger partial charge in [0, 0.05) is 36.9 Å². The van der Waals surface area contributed by atoms with Crippen LogP contribution in [0.15, 0.2) is 61.2 Å². The van der Waals surface area contributed by atoms with Crippen molar-refractivity contribution in [3.05, 3.63) is 83.9 Å². The molecule has 0 bridgehead atoms. The molecule has 2 aromatic heterocycles. The number of hydrogen-bond acceptors (Lipinski definition) is 6. The Bertz CT molecular complexity index is 1800. The first kappa shape index (κ1) is 55.4. The SMILES string of the molecule is CCCCCCCCCCOc1ccc(-c2ncc(CC(C)CCCC(C)C)cn2)c(F)c1.CCCCCCCCCOc1ccc(-c2ncc(CC(C)CCCC(C)C)cn2)c(F)c1. The first-order chi connectivity index (χ1) is 31.5. The highest BCUT2D eigenvalue weighted by molar-refractivity contribution is 5.58. The van der Waals surface area contributed by atoms with E-state index >= 15 is 0 Å². The van der Waals surface area contributed by atoms with Gasteiger partial charge in [0.1, 0.15) is 23.1 Å². The minimum absolute atomic E-state index is 0.335. The predicted octanol–water partition coefficient (Wildman–Crippen LogP) is 17.2. The van der Waals surface area contributed by atoms with Gasteiger partial charge in [0.15, 0.2) is 11.6 Å². The van der Waals surface area contributed by atoms with Crippen LogP contribution in [-0.4, -0.2) is 33.1 Å². The van der Waals surface area contributed by atoms with Crippen LogP contribution in [-0.2, 0) is 12.8 Å². The summed E-state index contributed by atoms with van der Waals surface area (Å²) in [6, 6.07) is 9.98. The highest BCUT2D eigenvalue weighted by Crippen LogP contribution is 2.27. The number of unbranched alkanes of at least 4 members (excludes halogenated alkanes) is 13. The third-order valence-corrected chi connectivity index (χ3v) is 12.2. The maximum Gasteiger partial charge on any atom is 0.162 e. The minimum atomic E-state index is -0.336. The van der Waals surface area contributed by atoms with E-state index in [0.717, 1.165) is 48.6 Å². The average Bonchev–Trinajstić information content (AvgIpc) is 3.27. The Kier molecular flexibility index (Phi) is 28.6. The van der Waals surface area contributed by atoms with Gasteiger partial charge in [-0.25, -0.2) is 28.7 Å². The Morgan fingerprint density at radius 2 is 0.769 bits per heavy atom. The molecule has 65 heavy (non-hydrogen) atoms. The van der Waals surface area contributed by atoms with Crippen LogP contribution in [0, 0.1) is 35.3 Å². The third kappa shape index (κ3) is 24.4. The monoisotopic (exact) mass is 899 g/mol. The van der Waals surface area contributed by atoms with E-state index in [1.807, 2.05) is 36.9 Å². The second-order valence-electron chi connectivity index (χ2n) is 19.7. The Labute approximate surface area is 395 Å². The summed E-state index contributed by atoms with van der Waals surface area (Å²) in [6.45, 7) is 19.4. The molecular formula is C57H88F2N4O2. The molecule has 0 saturated carbocycles. The normalized spacial score (nSPS) is 12.3. The van der Waals surface area contributed by atoms with Crippen molar-refractivity contribution in [3.8, 4) is 34.3 Å². The molecule has 0 amide bonds. The van der Waals surface area contributed by atoms with Gasteiger partial charge in [0.2, 0.25) is 0 Å². The van der Waals surface area contributed by atoms with Gasteiger partial charge in [-0.2, -0.15) is 0 Å². The Morgan fingerprint density at radius 1 is 0.431 bits per heavy atom. The van der Waals surface area contributed by atoms with E-state index < -0.39 is 0 Å². The lowest BCUT2D eigenvalue weighted by Gasteiger charge is -2.12. The molecule has 0 N–H and O–H groups in total. The van der Waals surface area contributed by atoms with Crippen molar-refractivity contribution >= 4 is 0 Å². The maximum atomic E-state index is 14.7. The van der Waals surface area contributed by atoms with Crippen LogP contribution in [0.2, 0.25) is 0 Å². The Hall–Kier alpha value is -3.94.